The molecule has 0 spiro atoms. The highest BCUT2D eigenvalue weighted by Gasteiger charge is 2.28. The summed E-state index contributed by atoms with van der Waals surface area (Å²) in [7, 11) is 0. The number of hydrogen-bond donors (Lipinski definition) is 0. The maximum Gasteiger partial charge on any atom is 0.223 e. The first kappa shape index (κ1) is 22.0. The number of rotatable bonds is 6. The summed E-state index contributed by atoms with van der Waals surface area (Å²) in [5, 5.41) is 0. The van der Waals surface area contributed by atoms with Gasteiger partial charge in [-0.05, 0) is 56.9 Å². The van der Waals surface area contributed by atoms with E-state index in [1.165, 1.54) is 6.07 Å². The van der Waals surface area contributed by atoms with E-state index in [0.29, 0.717) is 42.3 Å². The average Bonchev–Trinajstić information content (AvgIpc) is 3.21. The molecular weight excluding hydrogens is 395 g/mol. The number of carbonyl (C=O) groups is 1. The highest BCUT2D eigenvalue weighted by atomic mass is 19.1. The second-order valence-electron chi connectivity index (χ2n) is 9.05. The molecule has 1 aromatic heterocycles. The van der Waals surface area contributed by atoms with Crippen LogP contribution in [0, 0.1) is 11.7 Å². The predicted octanol–water partition coefficient (Wildman–Crippen LogP) is 4.37. The van der Waals surface area contributed by atoms with E-state index < -0.39 is 0 Å². The summed E-state index contributed by atoms with van der Waals surface area (Å²) in [6.45, 7) is 9.05. The number of likely N-dealkylation sites (tertiary alicyclic amines) is 1. The highest BCUT2D eigenvalue weighted by molar-refractivity contribution is 5.76. The van der Waals surface area contributed by atoms with Gasteiger partial charge in [-0.1, -0.05) is 12.1 Å². The standard InChI is InChI=1S/C25H33FN2O3/c1-18-15-27(16-19(2)30-18)17-20-11-13-28(14-12-20)25(29)10-8-21-7-9-24(31-21)22-5-3-4-6-23(22)26/h3-7,9,18-20H,8,10-17H2,1-2H3. The fraction of sp³-hybridized carbons (Fsp3) is 0.560. The fourth-order valence-corrected chi connectivity index (χ4v) is 4.87. The number of hydrogen-bond acceptors (Lipinski definition) is 4. The highest BCUT2D eigenvalue weighted by Crippen LogP contribution is 2.26. The molecule has 3 heterocycles. The van der Waals surface area contributed by atoms with Crippen molar-refractivity contribution in [1.82, 2.24) is 9.80 Å². The minimum atomic E-state index is -0.302. The van der Waals surface area contributed by atoms with Crippen molar-refractivity contribution in [3.63, 3.8) is 0 Å². The summed E-state index contributed by atoms with van der Waals surface area (Å²) in [4.78, 5) is 17.2. The van der Waals surface area contributed by atoms with E-state index in [1.807, 2.05) is 11.0 Å². The van der Waals surface area contributed by atoms with Crippen LogP contribution in [-0.4, -0.2) is 60.6 Å². The molecule has 1 amide bonds. The van der Waals surface area contributed by atoms with Crippen LogP contribution >= 0.6 is 0 Å². The van der Waals surface area contributed by atoms with Gasteiger partial charge in [0.25, 0.3) is 0 Å². The van der Waals surface area contributed by atoms with Crippen LogP contribution in [0.5, 0.6) is 0 Å². The Morgan fingerprint density at radius 3 is 2.48 bits per heavy atom. The molecule has 0 N–H and O–H groups in total. The van der Waals surface area contributed by atoms with Crippen LogP contribution in [0.25, 0.3) is 11.3 Å². The van der Waals surface area contributed by atoms with Gasteiger partial charge in [0.2, 0.25) is 5.91 Å². The number of aryl methyl sites for hydroxylation is 1. The first-order valence-electron chi connectivity index (χ1n) is 11.5. The maximum atomic E-state index is 13.9. The largest absolute Gasteiger partial charge is 0.461 e. The molecule has 0 saturated carbocycles. The Labute approximate surface area is 184 Å². The minimum absolute atomic E-state index is 0.177. The molecule has 2 unspecified atom stereocenters. The van der Waals surface area contributed by atoms with Crippen molar-refractivity contribution in [1.29, 1.82) is 0 Å². The van der Waals surface area contributed by atoms with Crippen LogP contribution in [-0.2, 0) is 16.0 Å². The summed E-state index contributed by atoms with van der Waals surface area (Å²) in [6, 6.07) is 10.2. The van der Waals surface area contributed by atoms with Crippen molar-refractivity contribution in [2.24, 2.45) is 5.92 Å². The molecule has 1 aromatic carbocycles. The molecule has 0 bridgehead atoms. The molecule has 2 aliphatic rings. The van der Waals surface area contributed by atoms with Gasteiger partial charge >= 0.3 is 0 Å². The van der Waals surface area contributed by atoms with Gasteiger partial charge in [0.15, 0.2) is 0 Å². The predicted molar refractivity (Wildman–Crippen MR) is 118 cm³/mol. The normalized spacial score (nSPS) is 23.3. The van der Waals surface area contributed by atoms with E-state index in [1.54, 1.807) is 24.3 Å². The van der Waals surface area contributed by atoms with Crippen LogP contribution < -0.4 is 0 Å². The van der Waals surface area contributed by atoms with Gasteiger partial charge in [-0.25, -0.2) is 4.39 Å². The van der Waals surface area contributed by atoms with Gasteiger partial charge in [0.05, 0.1) is 17.8 Å². The van der Waals surface area contributed by atoms with E-state index in [9.17, 15) is 9.18 Å². The molecular formula is C25H33FN2O3. The maximum absolute atomic E-state index is 13.9. The quantitative estimate of drug-likeness (QED) is 0.686. The number of morpholine rings is 1. The zero-order chi connectivity index (χ0) is 21.8. The lowest BCUT2D eigenvalue weighted by Gasteiger charge is -2.39. The van der Waals surface area contributed by atoms with E-state index in [2.05, 4.69) is 18.7 Å². The lowest BCUT2D eigenvalue weighted by molar-refractivity contribution is -0.132. The molecule has 6 heteroatoms. The number of amides is 1. The van der Waals surface area contributed by atoms with Gasteiger partial charge in [-0.2, -0.15) is 0 Å². The zero-order valence-corrected chi connectivity index (χ0v) is 18.6. The van der Waals surface area contributed by atoms with Gasteiger partial charge in [0.1, 0.15) is 17.3 Å². The van der Waals surface area contributed by atoms with Crippen LogP contribution in [0.1, 0.15) is 38.9 Å². The first-order valence-corrected chi connectivity index (χ1v) is 11.5. The van der Waals surface area contributed by atoms with Crippen LogP contribution in [0.2, 0.25) is 0 Å². The van der Waals surface area contributed by atoms with Crippen molar-refractivity contribution in [3.8, 4) is 11.3 Å². The number of nitrogens with zero attached hydrogens (tertiary/aromatic N) is 2. The third-order valence-corrected chi connectivity index (χ3v) is 6.37. The molecule has 168 valence electrons. The van der Waals surface area contributed by atoms with Crippen LogP contribution in [0.15, 0.2) is 40.8 Å². The summed E-state index contributed by atoms with van der Waals surface area (Å²) in [5.74, 6) is 1.75. The van der Waals surface area contributed by atoms with E-state index in [-0.39, 0.29) is 11.7 Å². The molecule has 4 rings (SSSR count). The van der Waals surface area contributed by atoms with E-state index >= 15 is 0 Å². The van der Waals surface area contributed by atoms with E-state index in [4.69, 9.17) is 9.15 Å². The Bertz CT molecular complexity index is 865. The molecule has 2 atom stereocenters. The Morgan fingerprint density at radius 2 is 1.77 bits per heavy atom. The fourth-order valence-electron chi connectivity index (χ4n) is 4.87. The third-order valence-electron chi connectivity index (χ3n) is 6.37. The lowest BCUT2D eigenvalue weighted by atomic mass is 9.95. The van der Waals surface area contributed by atoms with Crippen LogP contribution in [0.4, 0.5) is 4.39 Å². The van der Waals surface area contributed by atoms with Gasteiger partial charge in [-0.3, -0.25) is 9.69 Å². The molecule has 2 aliphatic heterocycles. The summed E-state index contributed by atoms with van der Waals surface area (Å²) < 4.78 is 25.5. The molecule has 0 radical (unpaired) electrons. The molecule has 31 heavy (non-hydrogen) atoms. The summed E-state index contributed by atoms with van der Waals surface area (Å²) in [6.07, 6.45) is 3.68. The Balaban J connectivity index is 1.21. The first-order chi connectivity index (χ1) is 15.0. The smallest absolute Gasteiger partial charge is 0.223 e. The zero-order valence-electron chi connectivity index (χ0n) is 18.6. The van der Waals surface area contributed by atoms with Gasteiger partial charge < -0.3 is 14.1 Å². The number of ether oxygens (including phenoxy) is 1. The SMILES string of the molecule is CC1CN(CC2CCN(C(=O)CCc3ccc(-c4ccccc4F)o3)CC2)CC(C)O1. The molecule has 2 aromatic rings. The van der Waals surface area contributed by atoms with Crippen molar-refractivity contribution in [2.75, 3.05) is 32.7 Å². The summed E-state index contributed by atoms with van der Waals surface area (Å²) in [5.41, 5.74) is 0.450. The van der Waals surface area contributed by atoms with Crippen molar-refractivity contribution >= 4 is 5.91 Å². The lowest BCUT2D eigenvalue weighted by Crippen LogP contribution is -2.48. The van der Waals surface area contributed by atoms with Crippen molar-refractivity contribution < 1.29 is 18.3 Å². The number of carbonyl (C=O) groups excluding carboxylic acids is 1. The number of piperidine rings is 1. The number of benzene rings is 1. The van der Waals surface area contributed by atoms with Crippen molar-refractivity contribution in [3.05, 3.63) is 48.0 Å². The Kier molecular flexibility index (Phi) is 7.08. The van der Waals surface area contributed by atoms with E-state index in [0.717, 1.165) is 51.3 Å². The Hall–Kier alpha value is -2.18. The Morgan fingerprint density at radius 1 is 1.06 bits per heavy atom. The second kappa shape index (κ2) is 9.96. The second-order valence-corrected chi connectivity index (χ2v) is 9.05. The third kappa shape index (κ3) is 5.74. The van der Waals surface area contributed by atoms with Gasteiger partial charge in [-0.15, -0.1) is 0 Å². The molecule has 2 fully saturated rings. The monoisotopic (exact) mass is 428 g/mol. The number of halogens is 1. The topological polar surface area (TPSA) is 45.9 Å². The molecule has 2 saturated heterocycles. The molecule has 0 aliphatic carbocycles. The van der Waals surface area contributed by atoms with Crippen molar-refractivity contribution in [2.45, 2.75) is 51.7 Å². The number of furan rings is 1. The van der Waals surface area contributed by atoms with Crippen LogP contribution in [0.3, 0.4) is 0 Å². The molecule has 5 nitrogen and oxygen atoms in total. The van der Waals surface area contributed by atoms with Gasteiger partial charge in [0, 0.05) is 45.6 Å². The summed E-state index contributed by atoms with van der Waals surface area (Å²) >= 11 is 0. The average molecular weight is 429 g/mol. The minimum Gasteiger partial charge on any atom is -0.461 e.